The minimum absolute atomic E-state index is 0.0158. The highest BCUT2D eigenvalue weighted by molar-refractivity contribution is 5.79. The van der Waals surface area contributed by atoms with Gasteiger partial charge in [-0.2, -0.15) is 0 Å². The first-order chi connectivity index (χ1) is 8.41. The van der Waals surface area contributed by atoms with Crippen molar-refractivity contribution < 1.29 is 14.3 Å². The van der Waals surface area contributed by atoms with E-state index in [9.17, 15) is 9.59 Å². The highest BCUT2D eigenvalue weighted by Crippen LogP contribution is 2.32. The highest BCUT2D eigenvalue weighted by Gasteiger charge is 2.34. The summed E-state index contributed by atoms with van der Waals surface area (Å²) in [7, 11) is 0. The Morgan fingerprint density at radius 2 is 1.94 bits per heavy atom. The summed E-state index contributed by atoms with van der Waals surface area (Å²) in [5.41, 5.74) is 10.8. The molecule has 6 heteroatoms. The van der Waals surface area contributed by atoms with Gasteiger partial charge in [-0.1, -0.05) is 13.8 Å². The van der Waals surface area contributed by atoms with Crippen LogP contribution in [0.25, 0.3) is 0 Å². The lowest BCUT2D eigenvalue weighted by Gasteiger charge is -2.36. The zero-order valence-electron chi connectivity index (χ0n) is 11.0. The van der Waals surface area contributed by atoms with Crippen molar-refractivity contribution in [2.24, 2.45) is 29.2 Å². The van der Waals surface area contributed by atoms with Crippen molar-refractivity contribution in [2.75, 3.05) is 13.2 Å². The Balaban J connectivity index is 2.34. The second kappa shape index (κ2) is 6.58. The summed E-state index contributed by atoms with van der Waals surface area (Å²) in [5, 5.41) is 2.75. The van der Waals surface area contributed by atoms with E-state index >= 15 is 0 Å². The fourth-order valence-electron chi connectivity index (χ4n) is 2.51. The first-order valence-corrected chi connectivity index (χ1v) is 6.37. The van der Waals surface area contributed by atoms with Crippen LogP contribution in [0.15, 0.2) is 0 Å². The molecule has 18 heavy (non-hydrogen) atoms. The van der Waals surface area contributed by atoms with Gasteiger partial charge >= 0.3 is 6.09 Å². The molecule has 0 heterocycles. The van der Waals surface area contributed by atoms with Gasteiger partial charge in [-0.25, -0.2) is 4.79 Å². The van der Waals surface area contributed by atoms with Crippen molar-refractivity contribution in [3.8, 4) is 0 Å². The standard InChI is InChI=1S/C12H23N3O3/c1-7-5-8(2)10(13)6-9(7)11(16)15-3-4-18-12(14)17/h7-10H,3-6,13H2,1-2H3,(H2,14,17)(H,15,16). The second-order valence-electron chi connectivity index (χ2n) is 5.15. The Kier molecular flexibility index (Phi) is 5.40. The van der Waals surface area contributed by atoms with Crippen LogP contribution in [0.3, 0.4) is 0 Å². The van der Waals surface area contributed by atoms with E-state index in [-0.39, 0.29) is 31.0 Å². The molecule has 5 N–H and O–H groups in total. The largest absolute Gasteiger partial charge is 0.448 e. The van der Waals surface area contributed by atoms with E-state index in [0.29, 0.717) is 18.3 Å². The predicted molar refractivity (Wildman–Crippen MR) is 67.6 cm³/mol. The van der Waals surface area contributed by atoms with E-state index in [1.165, 1.54) is 0 Å². The van der Waals surface area contributed by atoms with Crippen molar-refractivity contribution in [3.05, 3.63) is 0 Å². The maximum atomic E-state index is 12.0. The minimum atomic E-state index is -0.828. The molecule has 0 aromatic carbocycles. The van der Waals surface area contributed by atoms with Crippen LogP contribution in [0.4, 0.5) is 4.79 Å². The number of nitrogens with two attached hydrogens (primary N) is 2. The van der Waals surface area contributed by atoms with Crippen LogP contribution in [-0.4, -0.2) is 31.2 Å². The molecule has 4 atom stereocenters. The van der Waals surface area contributed by atoms with Gasteiger partial charge in [0.25, 0.3) is 0 Å². The monoisotopic (exact) mass is 257 g/mol. The summed E-state index contributed by atoms with van der Waals surface area (Å²) in [6.45, 7) is 4.59. The molecule has 1 aliphatic carbocycles. The van der Waals surface area contributed by atoms with Crippen molar-refractivity contribution in [1.29, 1.82) is 0 Å². The third kappa shape index (κ3) is 4.18. The highest BCUT2D eigenvalue weighted by atomic mass is 16.5. The molecule has 0 aromatic heterocycles. The van der Waals surface area contributed by atoms with Gasteiger partial charge < -0.3 is 21.5 Å². The molecule has 0 aliphatic heterocycles. The van der Waals surface area contributed by atoms with Gasteiger partial charge in [0.05, 0.1) is 6.54 Å². The van der Waals surface area contributed by atoms with E-state index in [0.717, 1.165) is 6.42 Å². The molecule has 104 valence electrons. The number of hydrogen-bond acceptors (Lipinski definition) is 4. The average Bonchev–Trinajstić information content (AvgIpc) is 2.28. The van der Waals surface area contributed by atoms with E-state index in [1.54, 1.807) is 0 Å². The summed E-state index contributed by atoms with van der Waals surface area (Å²) < 4.78 is 4.54. The van der Waals surface area contributed by atoms with Crippen LogP contribution < -0.4 is 16.8 Å². The van der Waals surface area contributed by atoms with Crippen molar-refractivity contribution in [1.82, 2.24) is 5.32 Å². The van der Waals surface area contributed by atoms with Gasteiger partial charge in [0.1, 0.15) is 6.61 Å². The Labute approximate surface area is 107 Å². The van der Waals surface area contributed by atoms with E-state index in [4.69, 9.17) is 11.5 Å². The van der Waals surface area contributed by atoms with Crippen LogP contribution in [0.5, 0.6) is 0 Å². The molecule has 0 aromatic rings. The molecule has 0 spiro atoms. The third-order valence-electron chi connectivity index (χ3n) is 3.67. The number of ether oxygens (including phenoxy) is 1. The van der Waals surface area contributed by atoms with Gasteiger partial charge in [0.15, 0.2) is 0 Å². The normalized spacial score (nSPS) is 31.7. The van der Waals surface area contributed by atoms with Crippen LogP contribution in [0.2, 0.25) is 0 Å². The number of nitrogens with one attached hydrogen (secondary N) is 1. The number of primary amides is 1. The third-order valence-corrected chi connectivity index (χ3v) is 3.67. The summed E-state index contributed by atoms with van der Waals surface area (Å²) in [6, 6.07) is 0.0822. The summed E-state index contributed by atoms with van der Waals surface area (Å²) in [6.07, 6.45) is 0.855. The van der Waals surface area contributed by atoms with Gasteiger partial charge in [-0.05, 0) is 24.7 Å². The Morgan fingerprint density at radius 1 is 1.28 bits per heavy atom. The van der Waals surface area contributed by atoms with E-state index in [2.05, 4.69) is 23.9 Å². The maximum Gasteiger partial charge on any atom is 0.404 e. The molecule has 0 bridgehead atoms. The smallest absolute Gasteiger partial charge is 0.404 e. The number of hydrogen-bond donors (Lipinski definition) is 3. The first kappa shape index (κ1) is 14.8. The van der Waals surface area contributed by atoms with Gasteiger partial charge in [-0.3, -0.25) is 4.79 Å². The molecule has 4 unspecified atom stereocenters. The second-order valence-corrected chi connectivity index (χ2v) is 5.15. The van der Waals surface area contributed by atoms with E-state index in [1.807, 2.05) is 0 Å². The SMILES string of the molecule is CC1CC(C)C(C(=O)NCCOC(N)=O)CC1N. The molecule has 1 aliphatic rings. The average molecular weight is 257 g/mol. The molecule has 2 amide bonds. The molecular weight excluding hydrogens is 234 g/mol. The minimum Gasteiger partial charge on any atom is -0.448 e. The number of carbonyl (C=O) groups excluding carboxylic acids is 2. The first-order valence-electron chi connectivity index (χ1n) is 6.37. The molecule has 0 saturated heterocycles. The van der Waals surface area contributed by atoms with Crippen molar-refractivity contribution in [2.45, 2.75) is 32.7 Å². The zero-order chi connectivity index (χ0) is 13.7. The maximum absolute atomic E-state index is 12.0. The number of amides is 2. The topological polar surface area (TPSA) is 107 Å². The molecular formula is C12H23N3O3. The Bertz CT molecular complexity index is 309. The lowest BCUT2D eigenvalue weighted by Crippen LogP contribution is -2.45. The van der Waals surface area contributed by atoms with Crippen LogP contribution >= 0.6 is 0 Å². The van der Waals surface area contributed by atoms with Crippen LogP contribution in [0.1, 0.15) is 26.7 Å². The molecule has 1 rings (SSSR count). The molecule has 1 fully saturated rings. The molecule has 6 nitrogen and oxygen atoms in total. The van der Waals surface area contributed by atoms with Gasteiger partial charge in [0.2, 0.25) is 5.91 Å². The zero-order valence-corrected chi connectivity index (χ0v) is 11.0. The Morgan fingerprint density at radius 3 is 2.56 bits per heavy atom. The fourth-order valence-corrected chi connectivity index (χ4v) is 2.51. The Hall–Kier alpha value is -1.30. The number of carbonyl (C=O) groups is 2. The fraction of sp³-hybridized carbons (Fsp3) is 0.833. The lowest BCUT2D eigenvalue weighted by atomic mass is 9.72. The summed E-state index contributed by atoms with van der Waals surface area (Å²) in [4.78, 5) is 22.3. The molecule has 0 radical (unpaired) electrons. The molecule has 1 saturated carbocycles. The van der Waals surface area contributed by atoms with Gasteiger partial charge in [0, 0.05) is 12.0 Å². The van der Waals surface area contributed by atoms with Gasteiger partial charge in [-0.15, -0.1) is 0 Å². The van der Waals surface area contributed by atoms with E-state index < -0.39 is 6.09 Å². The summed E-state index contributed by atoms with van der Waals surface area (Å²) in [5.74, 6) is 0.724. The van der Waals surface area contributed by atoms with Crippen molar-refractivity contribution >= 4 is 12.0 Å². The van der Waals surface area contributed by atoms with Crippen LogP contribution in [-0.2, 0) is 9.53 Å². The number of rotatable bonds is 4. The van der Waals surface area contributed by atoms with Crippen molar-refractivity contribution in [3.63, 3.8) is 0 Å². The predicted octanol–water partition coefficient (Wildman–Crippen LogP) is 0.207. The van der Waals surface area contributed by atoms with Crippen LogP contribution in [0, 0.1) is 17.8 Å². The quantitative estimate of drug-likeness (QED) is 0.625. The lowest BCUT2D eigenvalue weighted by molar-refractivity contribution is -0.128. The summed E-state index contributed by atoms with van der Waals surface area (Å²) >= 11 is 0.